The number of hydrogen-bond donors (Lipinski definition) is 2. The second-order valence-corrected chi connectivity index (χ2v) is 4.54. The van der Waals surface area contributed by atoms with Crippen LogP contribution in [0.5, 0.6) is 0 Å². The lowest BCUT2D eigenvalue weighted by Gasteiger charge is -2.26. The molecule has 5 nitrogen and oxygen atoms in total. The predicted octanol–water partition coefficient (Wildman–Crippen LogP) is 0.575. The van der Waals surface area contributed by atoms with Crippen molar-refractivity contribution in [2.45, 2.75) is 18.9 Å². The van der Waals surface area contributed by atoms with Crippen molar-refractivity contribution in [1.82, 2.24) is 9.88 Å². The molecule has 1 aromatic heterocycles. The van der Waals surface area contributed by atoms with Crippen molar-refractivity contribution < 1.29 is 9.59 Å². The molecule has 1 aliphatic carbocycles. The molecule has 0 aromatic carbocycles. The highest BCUT2D eigenvalue weighted by molar-refractivity contribution is 5.93. The molecule has 0 radical (unpaired) electrons. The van der Waals surface area contributed by atoms with E-state index in [2.05, 4.69) is 5.32 Å². The number of hydrogen-bond acceptors (Lipinski definition) is 2. The van der Waals surface area contributed by atoms with E-state index in [1.807, 2.05) is 12.2 Å². The molecular formula is C13H17N3O2. The SMILES string of the molecule is Cn1cccc1C(=O)N[C@@H]1CC=CC[C@H]1C(N)=O. The van der Waals surface area contributed by atoms with Gasteiger partial charge in [-0.2, -0.15) is 0 Å². The molecule has 0 fully saturated rings. The molecule has 0 saturated carbocycles. The predicted molar refractivity (Wildman–Crippen MR) is 67.7 cm³/mol. The second kappa shape index (κ2) is 5.08. The zero-order valence-electron chi connectivity index (χ0n) is 10.3. The third-order valence-electron chi connectivity index (χ3n) is 3.29. The van der Waals surface area contributed by atoms with E-state index in [4.69, 9.17) is 5.73 Å². The maximum atomic E-state index is 12.1. The Hall–Kier alpha value is -2.04. The minimum Gasteiger partial charge on any atom is -0.369 e. The molecule has 2 amide bonds. The van der Waals surface area contributed by atoms with Gasteiger partial charge in [-0.25, -0.2) is 0 Å². The molecular weight excluding hydrogens is 230 g/mol. The highest BCUT2D eigenvalue weighted by Crippen LogP contribution is 2.19. The molecule has 18 heavy (non-hydrogen) atoms. The van der Waals surface area contributed by atoms with Gasteiger partial charge in [0.15, 0.2) is 0 Å². The van der Waals surface area contributed by atoms with Gasteiger partial charge in [0.1, 0.15) is 5.69 Å². The van der Waals surface area contributed by atoms with Crippen molar-refractivity contribution in [2.24, 2.45) is 18.7 Å². The number of carbonyl (C=O) groups is 2. The van der Waals surface area contributed by atoms with Gasteiger partial charge in [0.05, 0.1) is 5.92 Å². The number of nitrogens with zero attached hydrogens (tertiary/aromatic N) is 1. The van der Waals surface area contributed by atoms with Crippen LogP contribution in [0.2, 0.25) is 0 Å². The number of primary amides is 1. The van der Waals surface area contributed by atoms with Crippen molar-refractivity contribution in [1.29, 1.82) is 0 Å². The largest absolute Gasteiger partial charge is 0.369 e. The van der Waals surface area contributed by atoms with Gasteiger partial charge in [-0.1, -0.05) is 12.2 Å². The van der Waals surface area contributed by atoms with Gasteiger partial charge in [0.2, 0.25) is 5.91 Å². The Morgan fingerprint density at radius 2 is 2.11 bits per heavy atom. The molecule has 1 heterocycles. The summed E-state index contributed by atoms with van der Waals surface area (Å²) in [5, 5.41) is 2.88. The maximum absolute atomic E-state index is 12.1. The van der Waals surface area contributed by atoms with Crippen LogP contribution < -0.4 is 11.1 Å². The van der Waals surface area contributed by atoms with Gasteiger partial charge in [-0.3, -0.25) is 9.59 Å². The first kappa shape index (κ1) is 12.4. The summed E-state index contributed by atoms with van der Waals surface area (Å²) >= 11 is 0. The quantitative estimate of drug-likeness (QED) is 0.766. The van der Waals surface area contributed by atoms with E-state index in [-0.39, 0.29) is 23.8 Å². The Morgan fingerprint density at radius 3 is 2.72 bits per heavy atom. The van der Waals surface area contributed by atoms with Crippen molar-refractivity contribution in [3.63, 3.8) is 0 Å². The maximum Gasteiger partial charge on any atom is 0.268 e. The summed E-state index contributed by atoms with van der Waals surface area (Å²) in [6.07, 6.45) is 6.94. The molecule has 0 unspecified atom stereocenters. The highest BCUT2D eigenvalue weighted by atomic mass is 16.2. The molecule has 96 valence electrons. The number of aromatic nitrogens is 1. The molecule has 1 aromatic rings. The number of nitrogens with one attached hydrogen (secondary N) is 1. The lowest BCUT2D eigenvalue weighted by Crippen LogP contribution is -2.46. The van der Waals surface area contributed by atoms with Crippen LogP contribution in [0.3, 0.4) is 0 Å². The lowest BCUT2D eigenvalue weighted by atomic mass is 9.88. The summed E-state index contributed by atoms with van der Waals surface area (Å²) in [7, 11) is 1.81. The summed E-state index contributed by atoms with van der Waals surface area (Å²) in [6.45, 7) is 0. The third kappa shape index (κ3) is 2.45. The molecule has 2 rings (SSSR count). The minimum absolute atomic E-state index is 0.172. The first-order valence-electron chi connectivity index (χ1n) is 5.96. The van der Waals surface area contributed by atoms with Crippen LogP contribution >= 0.6 is 0 Å². The number of amides is 2. The summed E-state index contributed by atoms with van der Waals surface area (Å²) in [5.41, 5.74) is 5.93. The Balaban J connectivity index is 2.08. The average molecular weight is 247 g/mol. The normalized spacial score (nSPS) is 22.7. The fourth-order valence-corrected chi connectivity index (χ4v) is 2.23. The lowest BCUT2D eigenvalue weighted by molar-refractivity contribution is -0.122. The van der Waals surface area contributed by atoms with E-state index in [0.717, 1.165) is 0 Å². The zero-order valence-corrected chi connectivity index (χ0v) is 10.3. The Labute approximate surface area is 106 Å². The van der Waals surface area contributed by atoms with E-state index >= 15 is 0 Å². The van der Waals surface area contributed by atoms with Gasteiger partial charge in [0, 0.05) is 19.3 Å². The number of carbonyl (C=O) groups excluding carboxylic acids is 2. The average Bonchev–Trinajstić information content (AvgIpc) is 2.76. The van der Waals surface area contributed by atoms with Crippen LogP contribution in [-0.4, -0.2) is 22.4 Å². The summed E-state index contributed by atoms with van der Waals surface area (Å²) in [4.78, 5) is 23.4. The fraction of sp³-hybridized carbons (Fsp3) is 0.385. The topological polar surface area (TPSA) is 77.1 Å². The molecule has 5 heteroatoms. The highest BCUT2D eigenvalue weighted by Gasteiger charge is 2.28. The van der Waals surface area contributed by atoms with Crippen molar-refractivity contribution >= 4 is 11.8 Å². The molecule has 0 bridgehead atoms. The first-order chi connectivity index (χ1) is 8.59. The second-order valence-electron chi connectivity index (χ2n) is 4.54. The third-order valence-corrected chi connectivity index (χ3v) is 3.29. The van der Waals surface area contributed by atoms with Crippen LogP contribution in [0.25, 0.3) is 0 Å². The van der Waals surface area contributed by atoms with Gasteiger partial charge in [-0.05, 0) is 25.0 Å². The Kier molecular flexibility index (Phi) is 3.50. The molecule has 0 aliphatic heterocycles. The number of rotatable bonds is 3. The monoisotopic (exact) mass is 247 g/mol. The molecule has 2 atom stereocenters. The first-order valence-corrected chi connectivity index (χ1v) is 5.96. The summed E-state index contributed by atoms with van der Waals surface area (Å²) in [6, 6.07) is 3.34. The number of allylic oxidation sites excluding steroid dienone is 1. The van der Waals surface area contributed by atoms with Crippen LogP contribution in [-0.2, 0) is 11.8 Å². The zero-order chi connectivity index (χ0) is 13.1. The molecule has 0 saturated heterocycles. The van der Waals surface area contributed by atoms with E-state index < -0.39 is 0 Å². The smallest absolute Gasteiger partial charge is 0.268 e. The molecule has 3 N–H and O–H groups in total. The van der Waals surface area contributed by atoms with Gasteiger partial charge >= 0.3 is 0 Å². The number of nitrogens with two attached hydrogens (primary N) is 1. The molecule has 1 aliphatic rings. The van der Waals surface area contributed by atoms with Gasteiger partial charge in [0.25, 0.3) is 5.91 Å². The molecule has 0 spiro atoms. The van der Waals surface area contributed by atoms with Gasteiger partial charge in [-0.15, -0.1) is 0 Å². The Morgan fingerprint density at radius 1 is 1.39 bits per heavy atom. The Bertz CT molecular complexity index is 490. The van der Waals surface area contributed by atoms with E-state index in [1.54, 1.807) is 29.9 Å². The minimum atomic E-state index is -0.364. The van der Waals surface area contributed by atoms with Crippen LogP contribution in [0, 0.1) is 5.92 Å². The van der Waals surface area contributed by atoms with E-state index in [0.29, 0.717) is 18.5 Å². The summed E-state index contributed by atoms with van der Waals surface area (Å²) in [5.74, 6) is -0.857. The summed E-state index contributed by atoms with van der Waals surface area (Å²) < 4.78 is 1.74. The van der Waals surface area contributed by atoms with Crippen LogP contribution in [0.1, 0.15) is 23.3 Å². The number of aryl methyl sites for hydroxylation is 1. The van der Waals surface area contributed by atoms with Crippen molar-refractivity contribution in [3.05, 3.63) is 36.2 Å². The van der Waals surface area contributed by atoms with E-state index in [1.165, 1.54) is 0 Å². The van der Waals surface area contributed by atoms with Crippen LogP contribution in [0.15, 0.2) is 30.5 Å². The van der Waals surface area contributed by atoms with Crippen LogP contribution in [0.4, 0.5) is 0 Å². The standard InChI is InChI=1S/C13H17N3O2/c1-16-8-4-7-11(16)13(18)15-10-6-3-2-5-9(10)12(14)17/h2-4,7-10H,5-6H2,1H3,(H2,14,17)(H,15,18)/t9-,10-/m1/s1. The van der Waals surface area contributed by atoms with Gasteiger partial charge < -0.3 is 15.6 Å². The van der Waals surface area contributed by atoms with E-state index in [9.17, 15) is 9.59 Å². The van der Waals surface area contributed by atoms with Crippen molar-refractivity contribution in [2.75, 3.05) is 0 Å². The fourth-order valence-electron chi connectivity index (χ4n) is 2.23. The van der Waals surface area contributed by atoms with Crippen molar-refractivity contribution in [3.8, 4) is 0 Å².